The predicted octanol–water partition coefficient (Wildman–Crippen LogP) is 2.88. The van der Waals surface area contributed by atoms with Crippen LogP contribution in [0.3, 0.4) is 0 Å². The molecule has 28 heavy (non-hydrogen) atoms. The van der Waals surface area contributed by atoms with Crippen LogP contribution in [0.1, 0.15) is 41.3 Å². The minimum absolute atomic E-state index is 0.172. The van der Waals surface area contributed by atoms with Crippen LogP contribution in [-0.2, 0) is 9.59 Å². The van der Waals surface area contributed by atoms with Gasteiger partial charge in [0.05, 0.1) is 11.3 Å². The third-order valence-corrected chi connectivity index (χ3v) is 3.99. The summed E-state index contributed by atoms with van der Waals surface area (Å²) >= 11 is 0. The van der Waals surface area contributed by atoms with E-state index >= 15 is 0 Å². The summed E-state index contributed by atoms with van der Waals surface area (Å²) in [6.45, 7) is 5.45. The molecule has 0 aliphatic rings. The van der Waals surface area contributed by atoms with Crippen molar-refractivity contribution in [1.82, 2.24) is 10.9 Å². The molecular weight excluding hydrogens is 358 g/mol. The first-order valence-electron chi connectivity index (χ1n) is 9.09. The number of benzene rings is 2. The van der Waals surface area contributed by atoms with Crippen molar-refractivity contribution in [2.24, 2.45) is 0 Å². The summed E-state index contributed by atoms with van der Waals surface area (Å²) in [4.78, 5) is 36.2. The van der Waals surface area contributed by atoms with Crippen molar-refractivity contribution in [2.75, 3.05) is 11.9 Å². The Morgan fingerprint density at radius 1 is 0.893 bits per heavy atom. The number of carbonyl (C=O) groups is 3. The summed E-state index contributed by atoms with van der Waals surface area (Å²) in [6, 6.07) is 12.3. The second-order valence-electron chi connectivity index (χ2n) is 6.36. The number of aryl methyl sites for hydroxylation is 2. The minimum Gasteiger partial charge on any atom is -0.483 e. The highest BCUT2D eigenvalue weighted by Crippen LogP contribution is 2.22. The van der Waals surface area contributed by atoms with E-state index in [1.807, 2.05) is 39.0 Å². The Morgan fingerprint density at radius 2 is 1.57 bits per heavy atom. The third-order valence-electron chi connectivity index (χ3n) is 3.99. The van der Waals surface area contributed by atoms with Gasteiger partial charge in [0.25, 0.3) is 11.8 Å². The molecule has 0 bridgehead atoms. The zero-order valence-corrected chi connectivity index (χ0v) is 16.3. The number of amides is 3. The van der Waals surface area contributed by atoms with Crippen LogP contribution in [0.15, 0.2) is 42.5 Å². The Balaban J connectivity index is 1.91. The van der Waals surface area contributed by atoms with E-state index in [0.29, 0.717) is 24.3 Å². The zero-order valence-electron chi connectivity index (χ0n) is 16.3. The summed E-state index contributed by atoms with van der Waals surface area (Å²) < 4.78 is 5.55. The summed E-state index contributed by atoms with van der Waals surface area (Å²) in [5.41, 5.74) is 7.15. The van der Waals surface area contributed by atoms with E-state index in [1.54, 1.807) is 24.3 Å². The summed E-state index contributed by atoms with van der Waals surface area (Å²) in [6.07, 6.45) is 1.07. The number of hydrazine groups is 1. The SMILES string of the molecule is CCCC(=O)Nc1ccccc1C(=O)NNC(=O)COc1c(C)cccc1C. The molecule has 0 saturated carbocycles. The van der Waals surface area contributed by atoms with Crippen LogP contribution >= 0.6 is 0 Å². The lowest BCUT2D eigenvalue weighted by Gasteiger charge is -2.13. The Bertz CT molecular complexity index is 844. The average molecular weight is 383 g/mol. The molecule has 2 aromatic carbocycles. The van der Waals surface area contributed by atoms with Gasteiger partial charge in [0, 0.05) is 6.42 Å². The van der Waals surface area contributed by atoms with Gasteiger partial charge in [-0.3, -0.25) is 25.2 Å². The molecule has 148 valence electrons. The Labute approximate surface area is 164 Å². The topological polar surface area (TPSA) is 96.5 Å². The monoisotopic (exact) mass is 383 g/mol. The highest BCUT2D eigenvalue weighted by atomic mass is 16.5. The Kier molecular flexibility index (Phi) is 7.56. The molecule has 0 fully saturated rings. The van der Waals surface area contributed by atoms with Gasteiger partial charge in [-0.25, -0.2) is 0 Å². The van der Waals surface area contributed by atoms with E-state index in [2.05, 4.69) is 16.2 Å². The summed E-state index contributed by atoms with van der Waals surface area (Å²) in [5.74, 6) is -0.557. The fraction of sp³-hybridized carbons (Fsp3) is 0.286. The highest BCUT2D eigenvalue weighted by molar-refractivity contribution is 6.04. The minimum atomic E-state index is -0.534. The number of hydrogen-bond acceptors (Lipinski definition) is 4. The van der Waals surface area contributed by atoms with Crippen molar-refractivity contribution in [3.8, 4) is 5.75 Å². The summed E-state index contributed by atoms with van der Waals surface area (Å²) in [7, 11) is 0. The van der Waals surface area contributed by atoms with Crippen LogP contribution in [0.4, 0.5) is 5.69 Å². The Hall–Kier alpha value is -3.35. The lowest BCUT2D eigenvalue weighted by Crippen LogP contribution is -2.44. The van der Waals surface area contributed by atoms with Gasteiger partial charge in [-0.2, -0.15) is 0 Å². The fourth-order valence-electron chi connectivity index (χ4n) is 2.62. The molecule has 0 heterocycles. The molecule has 0 aliphatic carbocycles. The van der Waals surface area contributed by atoms with Crippen molar-refractivity contribution in [3.63, 3.8) is 0 Å². The van der Waals surface area contributed by atoms with Gasteiger partial charge in [-0.1, -0.05) is 37.3 Å². The van der Waals surface area contributed by atoms with E-state index in [0.717, 1.165) is 11.1 Å². The molecule has 2 rings (SSSR count). The molecule has 7 nitrogen and oxygen atoms in total. The van der Waals surface area contributed by atoms with E-state index in [1.165, 1.54) is 0 Å². The molecule has 0 aliphatic heterocycles. The quantitative estimate of drug-likeness (QED) is 0.641. The zero-order chi connectivity index (χ0) is 20.5. The first-order chi connectivity index (χ1) is 13.4. The van der Waals surface area contributed by atoms with Crippen molar-refractivity contribution in [1.29, 1.82) is 0 Å². The number of anilines is 1. The molecule has 0 spiro atoms. The van der Waals surface area contributed by atoms with Crippen molar-refractivity contribution in [2.45, 2.75) is 33.6 Å². The van der Waals surface area contributed by atoms with Crippen LogP contribution < -0.4 is 20.9 Å². The lowest BCUT2D eigenvalue weighted by molar-refractivity contribution is -0.123. The van der Waals surface area contributed by atoms with Crippen LogP contribution in [0.25, 0.3) is 0 Å². The number of para-hydroxylation sites is 2. The number of nitrogens with one attached hydrogen (secondary N) is 3. The Morgan fingerprint density at radius 3 is 2.25 bits per heavy atom. The van der Waals surface area contributed by atoms with Crippen molar-refractivity contribution >= 4 is 23.4 Å². The highest BCUT2D eigenvalue weighted by Gasteiger charge is 2.14. The van der Waals surface area contributed by atoms with E-state index in [4.69, 9.17) is 4.74 Å². The summed E-state index contributed by atoms with van der Waals surface area (Å²) in [5, 5.41) is 2.70. The maximum absolute atomic E-state index is 12.4. The van der Waals surface area contributed by atoms with Gasteiger partial charge in [0.2, 0.25) is 5.91 Å². The largest absolute Gasteiger partial charge is 0.483 e. The molecular formula is C21H25N3O4. The molecule has 0 saturated heterocycles. The van der Waals surface area contributed by atoms with Gasteiger partial charge in [-0.15, -0.1) is 0 Å². The molecule has 0 atom stereocenters. The molecule has 0 unspecified atom stereocenters. The van der Waals surface area contributed by atoms with Gasteiger partial charge in [0.15, 0.2) is 6.61 Å². The molecule has 0 radical (unpaired) electrons. The first kappa shape index (κ1) is 21.0. The van der Waals surface area contributed by atoms with Crippen molar-refractivity contribution < 1.29 is 19.1 Å². The second-order valence-corrected chi connectivity index (χ2v) is 6.36. The van der Waals surface area contributed by atoms with Gasteiger partial charge in [0.1, 0.15) is 5.75 Å². The number of carbonyl (C=O) groups excluding carboxylic acids is 3. The molecule has 3 amide bonds. The van der Waals surface area contributed by atoms with Crippen molar-refractivity contribution in [3.05, 3.63) is 59.2 Å². The lowest BCUT2D eigenvalue weighted by atomic mass is 10.1. The van der Waals surface area contributed by atoms with Crippen LogP contribution in [-0.4, -0.2) is 24.3 Å². The molecule has 0 aromatic heterocycles. The predicted molar refractivity (Wildman–Crippen MR) is 107 cm³/mol. The van der Waals surface area contributed by atoms with Gasteiger partial charge < -0.3 is 10.1 Å². The van der Waals surface area contributed by atoms with Gasteiger partial charge >= 0.3 is 0 Å². The number of ether oxygens (including phenoxy) is 1. The maximum Gasteiger partial charge on any atom is 0.276 e. The smallest absolute Gasteiger partial charge is 0.276 e. The number of rotatable bonds is 7. The molecule has 2 aromatic rings. The molecule has 3 N–H and O–H groups in total. The second kappa shape index (κ2) is 10.1. The standard InChI is InChI=1S/C21H25N3O4/c1-4-8-18(25)22-17-12-6-5-11-16(17)21(27)24-23-19(26)13-28-20-14(2)9-7-10-15(20)3/h5-7,9-12H,4,8,13H2,1-3H3,(H,22,25)(H,23,26)(H,24,27). The molecule has 7 heteroatoms. The average Bonchev–Trinajstić information content (AvgIpc) is 2.66. The van der Waals surface area contributed by atoms with Crippen LogP contribution in [0.5, 0.6) is 5.75 Å². The maximum atomic E-state index is 12.4. The van der Waals surface area contributed by atoms with E-state index < -0.39 is 11.8 Å². The number of hydrogen-bond donors (Lipinski definition) is 3. The first-order valence-corrected chi connectivity index (χ1v) is 9.09. The van der Waals surface area contributed by atoms with E-state index in [-0.39, 0.29) is 18.1 Å². The van der Waals surface area contributed by atoms with Crippen LogP contribution in [0, 0.1) is 13.8 Å². The van der Waals surface area contributed by atoms with E-state index in [9.17, 15) is 14.4 Å². The fourth-order valence-corrected chi connectivity index (χ4v) is 2.62. The van der Waals surface area contributed by atoms with Gasteiger partial charge in [-0.05, 0) is 43.5 Å². The normalized spacial score (nSPS) is 10.1. The third kappa shape index (κ3) is 5.84. The van der Waals surface area contributed by atoms with Crippen LogP contribution in [0.2, 0.25) is 0 Å².